The molecule has 1 aromatic rings. The summed E-state index contributed by atoms with van der Waals surface area (Å²) in [5, 5.41) is 19.3. The third-order valence-electron chi connectivity index (χ3n) is 3.80. The van der Waals surface area contributed by atoms with Gasteiger partial charge in [-0.25, -0.2) is 8.42 Å². The molecule has 1 aliphatic heterocycles. The number of hydrogen-bond donors (Lipinski definition) is 2. The molecule has 2 rings (SSSR count). The molecule has 1 fully saturated rings. The lowest BCUT2D eigenvalue weighted by Gasteiger charge is -2.33. The standard InChI is InChI=1S/C14H21NO4S/c1-10-9-15(7-6-14(10)17)20(18,19)13-5-3-4-12(8-13)11(2)16/h3-5,8,10-11,14,16-17H,6-7,9H2,1-2H3. The predicted octanol–water partition coefficient (Wildman–Crippen LogP) is 1.13. The number of nitrogens with zero attached hydrogens (tertiary/aromatic N) is 1. The predicted molar refractivity (Wildman–Crippen MR) is 75.6 cm³/mol. The van der Waals surface area contributed by atoms with Gasteiger partial charge < -0.3 is 10.2 Å². The molecule has 0 bridgehead atoms. The van der Waals surface area contributed by atoms with Gasteiger partial charge in [0.15, 0.2) is 0 Å². The summed E-state index contributed by atoms with van der Waals surface area (Å²) in [4.78, 5) is 0.194. The summed E-state index contributed by atoms with van der Waals surface area (Å²) >= 11 is 0. The fourth-order valence-corrected chi connectivity index (χ4v) is 4.01. The Morgan fingerprint density at radius 2 is 2.10 bits per heavy atom. The molecule has 2 N–H and O–H groups in total. The second kappa shape index (κ2) is 5.81. The Morgan fingerprint density at radius 3 is 2.70 bits per heavy atom. The largest absolute Gasteiger partial charge is 0.393 e. The van der Waals surface area contributed by atoms with Crippen LogP contribution in [0.4, 0.5) is 0 Å². The van der Waals surface area contributed by atoms with E-state index in [2.05, 4.69) is 0 Å². The highest BCUT2D eigenvalue weighted by Gasteiger charge is 2.32. The Hall–Kier alpha value is -0.950. The Labute approximate surface area is 119 Å². The fourth-order valence-electron chi connectivity index (χ4n) is 2.40. The molecule has 1 aromatic carbocycles. The number of sulfonamides is 1. The van der Waals surface area contributed by atoms with Crippen LogP contribution in [0.3, 0.4) is 0 Å². The molecule has 0 aliphatic carbocycles. The van der Waals surface area contributed by atoms with E-state index in [9.17, 15) is 18.6 Å². The van der Waals surface area contributed by atoms with Gasteiger partial charge in [0.1, 0.15) is 0 Å². The number of aliphatic hydroxyl groups is 2. The highest BCUT2D eigenvalue weighted by atomic mass is 32.2. The normalized spacial score (nSPS) is 26.4. The van der Waals surface area contributed by atoms with E-state index in [4.69, 9.17) is 0 Å². The summed E-state index contributed by atoms with van der Waals surface area (Å²) in [6.07, 6.45) is -0.686. The molecule has 3 unspecified atom stereocenters. The molecule has 5 nitrogen and oxygen atoms in total. The third-order valence-corrected chi connectivity index (χ3v) is 5.66. The molecule has 0 radical (unpaired) electrons. The van der Waals surface area contributed by atoms with Crippen molar-refractivity contribution in [1.82, 2.24) is 4.31 Å². The van der Waals surface area contributed by atoms with E-state index >= 15 is 0 Å². The lowest BCUT2D eigenvalue weighted by Crippen LogP contribution is -2.44. The molecule has 1 saturated heterocycles. The second-order valence-corrected chi connectivity index (χ2v) is 7.38. The lowest BCUT2D eigenvalue weighted by molar-refractivity contribution is 0.0628. The Kier molecular flexibility index (Phi) is 4.49. The van der Waals surface area contributed by atoms with Gasteiger partial charge in [0.2, 0.25) is 10.0 Å². The summed E-state index contributed by atoms with van der Waals surface area (Å²) in [6.45, 7) is 4.10. The average Bonchev–Trinajstić information content (AvgIpc) is 2.42. The zero-order valence-corrected chi connectivity index (χ0v) is 12.5. The van der Waals surface area contributed by atoms with Gasteiger partial charge in [-0.3, -0.25) is 0 Å². The molecule has 0 saturated carbocycles. The van der Waals surface area contributed by atoms with Gasteiger partial charge in [0.05, 0.1) is 17.1 Å². The molecule has 112 valence electrons. The second-order valence-electron chi connectivity index (χ2n) is 5.44. The highest BCUT2D eigenvalue weighted by Crippen LogP contribution is 2.25. The van der Waals surface area contributed by atoms with Crippen LogP contribution in [-0.4, -0.2) is 42.1 Å². The van der Waals surface area contributed by atoms with Gasteiger partial charge in [0.25, 0.3) is 0 Å². The van der Waals surface area contributed by atoms with E-state index < -0.39 is 22.2 Å². The van der Waals surface area contributed by atoms with Crippen molar-refractivity contribution in [3.63, 3.8) is 0 Å². The molecule has 3 atom stereocenters. The molecule has 0 amide bonds. The first-order chi connectivity index (χ1) is 9.32. The lowest BCUT2D eigenvalue weighted by atomic mass is 9.99. The van der Waals surface area contributed by atoms with Gasteiger partial charge in [-0.1, -0.05) is 19.1 Å². The minimum absolute atomic E-state index is 0.0709. The molecule has 6 heteroatoms. The van der Waals surface area contributed by atoms with Crippen LogP contribution in [0.25, 0.3) is 0 Å². The summed E-state index contributed by atoms with van der Waals surface area (Å²) in [6, 6.07) is 6.38. The van der Waals surface area contributed by atoms with Crippen LogP contribution in [-0.2, 0) is 10.0 Å². The van der Waals surface area contributed by atoms with Crippen molar-refractivity contribution in [2.45, 2.75) is 37.4 Å². The first kappa shape index (κ1) is 15.4. The maximum atomic E-state index is 12.6. The van der Waals surface area contributed by atoms with Crippen LogP contribution in [0.5, 0.6) is 0 Å². The number of hydrogen-bond acceptors (Lipinski definition) is 4. The van der Waals surface area contributed by atoms with E-state index in [0.717, 1.165) is 0 Å². The number of piperidine rings is 1. The molecule has 1 aliphatic rings. The molecular formula is C14H21NO4S. The van der Waals surface area contributed by atoms with Crippen LogP contribution in [0.1, 0.15) is 31.9 Å². The van der Waals surface area contributed by atoms with Crippen molar-refractivity contribution in [3.05, 3.63) is 29.8 Å². The maximum absolute atomic E-state index is 12.6. The van der Waals surface area contributed by atoms with Crippen LogP contribution < -0.4 is 0 Å². The fraction of sp³-hybridized carbons (Fsp3) is 0.571. The van der Waals surface area contributed by atoms with Crippen LogP contribution in [0.15, 0.2) is 29.2 Å². The number of aliphatic hydroxyl groups excluding tert-OH is 2. The first-order valence-corrected chi connectivity index (χ1v) is 8.22. The van der Waals surface area contributed by atoms with E-state index in [1.54, 1.807) is 19.1 Å². The van der Waals surface area contributed by atoms with Gasteiger partial charge in [-0.2, -0.15) is 4.31 Å². The van der Waals surface area contributed by atoms with Crippen molar-refractivity contribution in [3.8, 4) is 0 Å². The van der Waals surface area contributed by atoms with E-state index in [0.29, 0.717) is 25.1 Å². The third kappa shape index (κ3) is 3.03. The van der Waals surface area contributed by atoms with Gasteiger partial charge in [0, 0.05) is 13.1 Å². The van der Waals surface area contributed by atoms with E-state index in [-0.39, 0.29) is 10.8 Å². The zero-order chi connectivity index (χ0) is 14.9. The summed E-state index contributed by atoms with van der Waals surface area (Å²) in [5.74, 6) is -0.0709. The zero-order valence-electron chi connectivity index (χ0n) is 11.7. The minimum atomic E-state index is -3.56. The van der Waals surface area contributed by atoms with Crippen molar-refractivity contribution in [2.24, 2.45) is 5.92 Å². The Balaban J connectivity index is 2.28. The first-order valence-electron chi connectivity index (χ1n) is 6.78. The summed E-state index contributed by atoms with van der Waals surface area (Å²) in [5.41, 5.74) is 0.580. The molecule has 0 spiro atoms. The minimum Gasteiger partial charge on any atom is -0.393 e. The van der Waals surface area contributed by atoms with Gasteiger partial charge in [-0.15, -0.1) is 0 Å². The van der Waals surface area contributed by atoms with Crippen molar-refractivity contribution >= 4 is 10.0 Å². The maximum Gasteiger partial charge on any atom is 0.243 e. The quantitative estimate of drug-likeness (QED) is 0.877. The summed E-state index contributed by atoms with van der Waals surface area (Å²) < 4.78 is 26.6. The van der Waals surface area contributed by atoms with E-state index in [1.165, 1.54) is 16.4 Å². The number of rotatable bonds is 3. The topological polar surface area (TPSA) is 77.8 Å². The van der Waals surface area contributed by atoms with Crippen LogP contribution in [0, 0.1) is 5.92 Å². The average molecular weight is 299 g/mol. The Morgan fingerprint density at radius 1 is 1.40 bits per heavy atom. The highest BCUT2D eigenvalue weighted by molar-refractivity contribution is 7.89. The van der Waals surface area contributed by atoms with Crippen molar-refractivity contribution in [2.75, 3.05) is 13.1 Å². The monoisotopic (exact) mass is 299 g/mol. The van der Waals surface area contributed by atoms with Gasteiger partial charge in [-0.05, 0) is 37.0 Å². The van der Waals surface area contributed by atoms with Gasteiger partial charge >= 0.3 is 0 Å². The SMILES string of the molecule is CC(O)c1cccc(S(=O)(=O)N2CCC(O)C(C)C2)c1. The number of benzene rings is 1. The Bertz CT molecular complexity index is 570. The molecule has 20 heavy (non-hydrogen) atoms. The van der Waals surface area contributed by atoms with Crippen molar-refractivity contribution < 1.29 is 18.6 Å². The van der Waals surface area contributed by atoms with Crippen molar-refractivity contribution in [1.29, 1.82) is 0 Å². The van der Waals surface area contributed by atoms with Crippen LogP contribution >= 0.6 is 0 Å². The smallest absolute Gasteiger partial charge is 0.243 e. The summed E-state index contributed by atoms with van der Waals surface area (Å²) in [7, 11) is -3.56. The molecular weight excluding hydrogens is 278 g/mol. The molecule has 1 heterocycles. The molecule has 0 aromatic heterocycles. The van der Waals surface area contributed by atoms with Crippen LogP contribution in [0.2, 0.25) is 0 Å². The van der Waals surface area contributed by atoms with E-state index in [1.807, 2.05) is 6.92 Å².